The average molecular weight is 386 g/mol. The molecule has 0 fully saturated rings. The SMILES string of the molecule is CC(C)CC(NC(=O)C(Cc1ccccc1)NC(=O)C1=NCCN=C1)B(O)O. The van der Waals surface area contributed by atoms with Crippen LogP contribution in [0.3, 0.4) is 0 Å². The summed E-state index contributed by atoms with van der Waals surface area (Å²) < 4.78 is 0. The van der Waals surface area contributed by atoms with Crippen molar-refractivity contribution in [1.82, 2.24) is 10.6 Å². The van der Waals surface area contributed by atoms with E-state index in [-0.39, 0.29) is 18.1 Å². The van der Waals surface area contributed by atoms with E-state index >= 15 is 0 Å². The first-order valence-corrected chi connectivity index (χ1v) is 9.42. The van der Waals surface area contributed by atoms with Gasteiger partial charge in [-0.3, -0.25) is 19.6 Å². The van der Waals surface area contributed by atoms with Gasteiger partial charge < -0.3 is 20.7 Å². The number of hydrogen-bond donors (Lipinski definition) is 4. The Kier molecular flexibility index (Phi) is 8.34. The van der Waals surface area contributed by atoms with Crippen LogP contribution in [-0.4, -0.2) is 66.0 Å². The third kappa shape index (κ3) is 6.90. The number of amides is 2. The summed E-state index contributed by atoms with van der Waals surface area (Å²) in [5, 5.41) is 24.5. The molecule has 2 atom stereocenters. The Hall–Kier alpha value is -2.52. The van der Waals surface area contributed by atoms with Gasteiger partial charge in [0.05, 0.1) is 25.2 Å². The van der Waals surface area contributed by atoms with Crippen LogP contribution in [0, 0.1) is 5.92 Å². The van der Waals surface area contributed by atoms with Gasteiger partial charge in [0.1, 0.15) is 11.8 Å². The first-order valence-electron chi connectivity index (χ1n) is 9.42. The highest BCUT2D eigenvalue weighted by Crippen LogP contribution is 2.08. The van der Waals surface area contributed by atoms with Gasteiger partial charge in [0.2, 0.25) is 5.91 Å². The lowest BCUT2D eigenvalue weighted by atomic mass is 9.75. The van der Waals surface area contributed by atoms with E-state index in [1.807, 2.05) is 44.2 Å². The van der Waals surface area contributed by atoms with Gasteiger partial charge in [-0.15, -0.1) is 0 Å². The van der Waals surface area contributed by atoms with Gasteiger partial charge in [0.15, 0.2) is 0 Å². The molecular formula is C19H27BN4O4. The van der Waals surface area contributed by atoms with Crippen LogP contribution in [-0.2, 0) is 16.0 Å². The number of aliphatic imine (C=N–C) groups is 2. The van der Waals surface area contributed by atoms with E-state index < -0.39 is 30.9 Å². The summed E-state index contributed by atoms with van der Waals surface area (Å²) in [6.07, 6.45) is 2.06. The molecule has 8 nitrogen and oxygen atoms in total. The third-order valence-electron chi connectivity index (χ3n) is 4.27. The summed E-state index contributed by atoms with van der Waals surface area (Å²) in [7, 11) is -1.69. The number of benzene rings is 1. The van der Waals surface area contributed by atoms with Gasteiger partial charge in [-0.25, -0.2) is 0 Å². The number of carbonyl (C=O) groups is 2. The Morgan fingerprint density at radius 1 is 1.14 bits per heavy atom. The van der Waals surface area contributed by atoms with E-state index in [0.29, 0.717) is 19.5 Å². The fourth-order valence-electron chi connectivity index (χ4n) is 2.89. The Balaban J connectivity index is 2.14. The molecule has 9 heteroatoms. The van der Waals surface area contributed by atoms with E-state index in [4.69, 9.17) is 0 Å². The van der Waals surface area contributed by atoms with Crippen LogP contribution in [0.15, 0.2) is 40.3 Å². The van der Waals surface area contributed by atoms with E-state index in [9.17, 15) is 19.6 Å². The Labute approximate surface area is 165 Å². The quantitative estimate of drug-likeness (QED) is 0.438. The second-order valence-electron chi connectivity index (χ2n) is 7.18. The average Bonchev–Trinajstić information content (AvgIpc) is 2.68. The standard InChI is InChI=1S/C19H27BN4O4/c1-13(2)10-17(20(27)28)24-18(25)15(11-14-6-4-3-5-7-14)23-19(26)16-12-21-8-9-22-16/h3-7,12-13,15,17,27-28H,8-11H2,1-2H3,(H,23,26)(H,24,25). The highest BCUT2D eigenvalue weighted by Gasteiger charge is 2.30. The van der Waals surface area contributed by atoms with Gasteiger partial charge >= 0.3 is 7.12 Å². The van der Waals surface area contributed by atoms with Gasteiger partial charge in [0, 0.05) is 6.42 Å². The Bertz CT molecular complexity index is 722. The highest BCUT2D eigenvalue weighted by atomic mass is 16.4. The summed E-state index contributed by atoms with van der Waals surface area (Å²) in [5.41, 5.74) is 1.05. The van der Waals surface area contributed by atoms with E-state index in [0.717, 1.165) is 5.56 Å². The summed E-state index contributed by atoms with van der Waals surface area (Å²) in [4.78, 5) is 33.5. The van der Waals surface area contributed by atoms with Crippen molar-refractivity contribution in [1.29, 1.82) is 0 Å². The Morgan fingerprint density at radius 2 is 1.86 bits per heavy atom. The number of nitrogens with one attached hydrogen (secondary N) is 2. The second-order valence-corrected chi connectivity index (χ2v) is 7.18. The lowest BCUT2D eigenvalue weighted by molar-refractivity contribution is -0.126. The molecule has 0 spiro atoms. The van der Waals surface area contributed by atoms with Crippen LogP contribution in [0.25, 0.3) is 0 Å². The highest BCUT2D eigenvalue weighted by molar-refractivity contribution is 6.61. The maximum atomic E-state index is 12.8. The molecule has 0 aliphatic carbocycles. The fraction of sp³-hybridized carbons (Fsp3) is 0.474. The molecule has 0 bridgehead atoms. The summed E-state index contributed by atoms with van der Waals surface area (Å²) in [6.45, 7) is 4.81. The minimum atomic E-state index is -1.69. The van der Waals surface area contributed by atoms with Crippen LogP contribution >= 0.6 is 0 Å². The minimum Gasteiger partial charge on any atom is -0.426 e. The molecule has 0 aromatic heterocycles. The molecule has 0 saturated carbocycles. The maximum absolute atomic E-state index is 12.8. The molecule has 28 heavy (non-hydrogen) atoms. The van der Waals surface area contributed by atoms with Gasteiger partial charge in [0.25, 0.3) is 5.91 Å². The molecule has 0 radical (unpaired) electrons. The zero-order valence-corrected chi connectivity index (χ0v) is 16.2. The zero-order chi connectivity index (χ0) is 20.5. The van der Waals surface area contributed by atoms with Crippen molar-refractivity contribution in [3.63, 3.8) is 0 Å². The minimum absolute atomic E-state index is 0.155. The topological polar surface area (TPSA) is 123 Å². The molecule has 2 unspecified atom stereocenters. The molecule has 1 aliphatic rings. The number of rotatable bonds is 9. The van der Waals surface area contributed by atoms with Crippen molar-refractivity contribution in [2.75, 3.05) is 13.1 Å². The molecule has 150 valence electrons. The largest absolute Gasteiger partial charge is 0.475 e. The fourth-order valence-corrected chi connectivity index (χ4v) is 2.89. The molecule has 1 aliphatic heterocycles. The molecule has 1 aromatic carbocycles. The Morgan fingerprint density at radius 3 is 2.43 bits per heavy atom. The predicted octanol–water partition coefficient (Wildman–Crippen LogP) is -0.218. The lowest BCUT2D eigenvalue weighted by Gasteiger charge is -2.24. The molecule has 2 amide bonds. The van der Waals surface area contributed by atoms with Crippen molar-refractivity contribution in [2.45, 2.75) is 38.7 Å². The van der Waals surface area contributed by atoms with Gasteiger partial charge in [-0.2, -0.15) is 0 Å². The number of nitrogens with zero attached hydrogens (tertiary/aromatic N) is 2. The van der Waals surface area contributed by atoms with Gasteiger partial charge in [-0.05, 0) is 17.9 Å². The predicted molar refractivity (Wildman–Crippen MR) is 109 cm³/mol. The van der Waals surface area contributed by atoms with E-state index in [2.05, 4.69) is 20.6 Å². The molecular weight excluding hydrogens is 359 g/mol. The van der Waals surface area contributed by atoms with Crippen molar-refractivity contribution < 1.29 is 19.6 Å². The van der Waals surface area contributed by atoms with Crippen LogP contribution in [0.2, 0.25) is 0 Å². The van der Waals surface area contributed by atoms with E-state index in [1.165, 1.54) is 6.21 Å². The first kappa shape index (κ1) is 21.8. The van der Waals surface area contributed by atoms with Gasteiger partial charge in [-0.1, -0.05) is 44.2 Å². The van der Waals surface area contributed by atoms with Crippen LogP contribution in [0.4, 0.5) is 0 Å². The van der Waals surface area contributed by atoms with Crippen LogP contribution in [0.5, 0.6) is 0 Å². The van der Waals surface area contributed by atoms with Crippen molar-refractivity contribution in [3.05, 3.63) is 35.9 Å². The van der Waals surface area contributed by atoms with E-state index in [1.54, 1.807) is 0 Å². The lowest BCUT2D eigenvalue weighted by Crippen LogP contribution is -2.55. The summed E-state index contributed by atoms with van der Waals surface area (Å²) in [5.74, 6) is -1.63. The number of carbonyl (C=O) groups excluding carboxylic acids is 2. The monoisotopic (exact) mass is 386 g/mol. The zero-order valence-electron chi connectivity index (χ0n) is 16.2. The van der Waals surface area contributed by atoms with Crippen molar-refractivity contribution in [2.24, 2.45) is 15.9 Å². The van der Waals surface area contributed by atoms with Crippen LogP contribution in [0.1, 0.15) is 25.8 Å². The third-order valence-corrected chi connectivity index (χ3v) is 4.27. The molecule has 4 N–H and O–H groups in total. The second kappa shape index (κ2) is 10.7. The number of hydrogen-bond acceptors (Lipinski definition) is 6. The normalized spacial score (nSPS) is 15.5. The smallest absolute Gasteiger partial charge is 0.426 e. The molecule has 1 heterocycles. The summed E-state index contributed by atoms with van der Waals surface area (Å²) >= 11 is 0. The maximum Gasteiger partial charge on any atom is 0.475 e. The van der Waals surface area contributed by atoms with Crippen LogP contribution < -0.4 is 10.6 Å². The van der Waals surface area contributed by atoms with Crippen molar-refractivity contribution >= 4 is 30.9 Å². The first-order chi connectivity index (χ1) is 13.4. The van der Waals surface area contributed by atoms with Crippen molar-refractivity contribution in [3.8, 4) is 0 Å². The molecule has 0 saturated heterocycles. The molecule has 1 aromatic rings. The molecule has 2 rings (SSSR count). The summed E-state index contributed by atoms with van der Waals surface area (Å²) in [6, 6.07) is 8.40.